The zero-order valence-corrected chi connectivity index (χ0v) is 5.04. The number of carboxylic acid groups (broad SMARTS) is 1. The molecule has 0 aliphatic rings. The fraction of sp³-hybridized carbons (Fsp3) is 0.500. The number of hydrogen-bond acceptors (Lipinski definition) is 2. The van der Waals surface area contributed by atoms with E-state index in [2.05, 4.69) is 0 Å². The van der Waals surface area contributed by atoms with Crippen molar-refractivity contribution in [2.45, 2.75) is 5.32 Å². The van der Waals surface area contributed by atoms with Crippen LogP contribution in [0.3, 0.4) is 0 Å². The van der Waals surface area contributed by atoms with E-state index in [1.54, 1.807) is 0 Å². The average molecular weight is 171 g/mol. The predicted molar refractivity (Wildman–Crippen MR) is 21.1 cm³/mol. The van der Waals surface area contributed by atoms with Crippen molar-refractivity contribution in [2.24, 2.45) is 0 Å². The van der Waals surface area contributed by atoms with Crippen molar-refractivity contribution in [1.29, 1.82) is 0 Å². The molecule has 42 valence electrons. The number of carbonyl (C=O) groups is 1. The Hall–Kier alpha value is -0.251. The Morgan fingerprint density at radius 2 is 2.14 bits per heavy atom. The average Bonchev–Trinajstić information content (AvgIpc) is 1.27. The van der Waals surface area contributed by atoms with E-state index in [1.807, 2.05) is 0 Å². The monoisotopic (exact) mass is 172 g/mol. The normalized spacial score (nSPS) is 13.3. The molecule has 0 rings (SSSR count). The quantitative estimate of drug-likeness (QED) is 0.521. The molecule has 0 saturated carbocycles. The Morgan fingerprint density at radius 3 is 2.14 bits per heavy atom. The molecule has 0 amide bonds. The molecule has 0 aromatic carbocycles. The third-order valence-electron chi connectivity index (χ3n) is 0.247. The van der Waals surface area contributed by atoms with Crippen LogP contribution in [0.15, 0.2) is 0 Å². The second kappa shape index (κ2) is 2.85. The molecule has 0 spiro atoms. The second-order valence-electron chi connectivity index (χ2n) is 0.860. The van der Waals surface area contributed by atoms with Crippen molar-refractivity contribution in [3.05, 3.63) is 0 Å². The summed E-state index contributed by atoms with van der Waals surface area (Å²) >= 11 is -2.97. The van der Waals surface area contributed by atoms with Gasteiger partial charge in [0.1, 0.15) is 0 Å². The zero-order chi connectivity index (χ0) is 5.86. The Morgan fingerprint density at radius 1 is 1.71 bits per heavy atom. The molecular formula is C2H4O4Se. The molecule has 5 heteroatoms. The van der Waals surface area contributed by atoms with Gasteiger partial charge in [0.05, 0.1) is 0 Å². The van der Waals surface area contributed by atoms with Crippen LogP contribution in [0.1, 0.15) is 0 Å². The van der Waals surface area contributed by atoms with Gasteiger partial charge in [-0.15, -0.1) is 0 Å². The first kappa shape index (κ1) is 6.75. The SMILES string of the molecule is O=C(O)C[Se](=O)O. The van der Waals surface area contributed by atoms with Crippen LogP contribution in [0.25, 0.3) is 0 Å². The summed E-state index contributed by atoms with van der Waals surface area (Å²) in [4.78, 5) is 9.48. The Kier molecular flexibility index (Phi) is 2.75. The maximum atomic E-state index is 9.64. The van der Waals surface area contributed by atoms with Crippen LogP contribution in [0.5, 0.6) is 0 Å². The first-order valence-corrected chi connectivity index (χ1v) is 4.10. The molecule has 4 nitrogen and oxygen atoms in total. The van der Waals surface area contributed by atoms with Gasteiger partial charge in [0, 0.05) is 0 Å². The molecular weight excluding hydrogens is 167 g/mol. The topological polar surface area (TPSA) is 74.6 Å². The summed E-state index contributed by atoms with van der Waals surface area (Å²) in [5.74, 6) is -1.22. The van der Waals surface area contributed by atoms with Crippen molar-refractivity contribution in [3.63, 3.8) is 0 Å². The van der Waals surface area contributed by atoms with Gasteiger partial charge in [-0.2, -0.15) is 0 Å². The summed E-state index contributed by atoms with van der Waals surface area (Å²) in [6.07, 6.45) is 0. The van der Waals surface area contributed by atoms with Gasteiger partial charge in [-0.25, -0.2) is 0 Å². The number of hydrogen-bond donors (Lipinski definition) is 2. The molecule has 0 fully saturated rings. The van der Waals surface area contributed by atoms with Crippen LogP contribution in [-0.4, -0.2) is 29.4 Å². The van der Waals surface area contributed by atoms with Crippen molar-refractivity contribution >= 4 is 20.1 Å². The number of rotatable bonds is 2. The molecule has 0 aliphatic heterocycles. The van der Waals surface area contributed by atoms with Gasteiger partial charge >= 0.3 is 43.4 Å². The Balaban J connectivity index is 3.32. The van der Waals surface area contributed by atoms with E-state index in [0.717, 1.165) is 0 Å². The molecule has 0 heterocycles. The van der Waals surface area contributed by atoms with E-state index in [-0.39, 0.29) is 0 Å². The van der Waals surface area contributed by atoms with Crippen LogP contribution in [0, 0.1) is 0 Å². The minimum absolute atomic E-state index is 0.597. The van der Waals surface area contributed by atoms with Gasteiger partial charge < -0.3 is 0 Å². The molecule has 0 bridgehead atoms. The Bertz CT molecular complexity index is 85.9. The van der Waals surface area contributed by atoms with Crippen molar-refractivity contribution in [1.82, 2.24) is 0 Å². The second-order valence-corrected chi connectivity index (χ2v) is 2.81. The molecule has 0 aromatic heterocycles. The third kappa shape index (κ3) is 5.75. The first-order chi connectivity index (χ1) is 3.13. The summed E-state index contributed by atoms with van der Waals surface area (Å²) in [5, 5.41) is 7.16. The first-order valence-electron chi connectivity index (χ1n) is 1.42. The molecule has 0 saturated heterocycles. The molecule has 1 atom stereocenters. The molecule has 0 radical (unpaired) electrons. The van der Waals surface area contributed by atoms with E-state index < -0.39 is 25.5 Å². The standard InChI is InChI=1S/C2H4O4Se/c3-2(4)1-7(5)6/h1H2,(H,3,4)(H,5,6). The van der Waals surface area contributed by atoms with Crippen LogP contribution in [0.2, 0.25) is 5.32 Å². The predicted octanol–water partition coefficient (Wildman–Crippen LogP) is -1.02. The summed E-state index contributed by atoms with van der Waals surface area (Å²) in [6.45, 7) is 0. The van der Waals surface area contributed by atoms with E-state index >= 15 is 0 Å². The van der Waals surface area contributed by atoms with Gasteiger partial charge in [-0.3, -0.25) is 0 Å². The van der Waals surface area contributed by atoms with Gasteiger partial charge in [0.2, 0.25) is 0 Å². The molecule has 1 unspecified atom stereocenters. The number of carboxylic acids is 1. The fourth-order valence-electron chi connectivity index (χ4n) is 0.106. The van der Waals surface area contributed by atoms with Crippen LogP contribution in [-0.2, 0) is 8.63 Å². The minimum atomic E-state index is -2.97. The summed E-state index contributed by atoms with van der Waals surface area (Å²) in [5.41, 5.74) is 0. The van der Waals surface area contributed by atoms with Crippen molar-refractivity contribution < 1.29 is 17.9 Å². The molecule has 7 heavy (non-hydrogen) atoms. The molecule has 2 N–H and O–H groups in total. The maximum absolute atomic E-state index is 9.64. The van der Waals surface area contributed by atoms with Crippen LogP contribution >= 0.6 is 0 Å². The van der Waals surface area contributed by atoms with Crippen LogP contribution < -0.4 is 0 Å². The van der Waals surface area contributed by atoms with Gasteiger partial charge in [0.25, 0.3) is 0 Å². The fourth-order valence-corrected chi connectivity index (χ4v) is 0.549. The zero-order valence-electron chi connectivity index (χ0n) is 3.33. The Labute approximate surface area is 44.2 Å². The molecule has 0 aliphatic carbocycles. The number of aliphatic carboxylic acids is 1. The molecule has 0 aromatic rings. The van der Waals surface area contributed by atoms with Gasteiger partial charge in [0.15, 0.2) is 0 Å². The van der Waals surface area contributed by atoms with Crippen molar-refractivity contribution in [3.8, 4) is 0 Å². The van der Waals surface area contributed by atoms with E-state index in [0.29, 0.717) is 0 Å². The van der Waals surface area contributed by atoms with Gasteiger partial charge in [-0.05, 0) is 0 Å². The summed E-state index contributed by atoms with van der Waals surface area (Å²) in [6, 6.07) is 0. The van der Waals surface area contributed by atoms with Crippen LogP contribution in [0.4, 0.5) is 0 Å². The van der Waals surface area contributed by atoms with E-state index in [4.69, 9.17) is 9.30 Å². The van der Waals surface area contributed by atoms with Gasteiger partial charge in [-0.1, -0.05) is 0 Å². The summed E-state index contributed by atoms with van der Waals surface area (Å²) < 4.78 is 17.5. The third-order valence-corrected chi connectivity index (χ3v) is 1.28. The van der Waals surface area contributed by atoms with E-state index in [1.165, 1.54) is 0 Å². The summed E-state index contributed by atoms with van der Waals surface area (Å²) in [7, 11) is 0. The van der Waals surface area contributed by atoms with E-state index in [9.17, 15) is 8.63 Å². The van der Waals surface area contributed by atoms with Crippen molar-refractivity contribution in [2.75, 3.05) is 0 Å².